The van der Waals surface area contributed by atoms with Crippen LogP contribution in [0.3, 0.4) is 0 Å². The fraction of sp³-hybridized carbons (Fsp3) is 0.364. The predicted molar refractivity (Wildman–Crippen MR) is 99.1 cm³/mol. The number of benzene rings is 2. The fourth-order valence-corrected chi connectivity index (χ4v) is 4.04. The molecule has 4 rings (SSSR count). The van der Waals surface area contributed by atoms with E-state index in [2.05, 4.69) is 12.1 Å². The van der Waals surface area contributed by atoms with Gasteiger partial charge >= 0.3 is 0 Å². The third-order valence-electron chi connectivity index (χ3n) is 5.40. The molecule has 1 aliphatic carbocycles. The number of Topliss-reactive ketones (excluding diaryl/α,β-unsaturated/α-hetero) is 1. The van der Waals surface area contributed by atoms with E-state index in [9.17, 15) is 9.59 Å². The highest BCUT2D eigenvalue weighted by Gasteiger charge is 2.23. The summed E-state index contributed by atoms with van der Waals surface area (Å²) in [5.74, 6) is 0.134. The summed E-state index contributed by atoms with van der Waals surface area (Å²) in [5, 5.41) is 0. The zero-order chi connectivity index (χ0) is 17.2. The molecule has 0 saturated carbocycles. The lowest BCUT2D eigenvalue weighted by atomic mass is 9.99. The number of rotatable bonds is 4. The van der Waals surface area contributed by atoms with Crippen LogP contribution in [0.2, 0.25) is 0 Å². The number of carbonyl (C=O) groups is 2. The minimum absolute atomic E-state index is 0.0571. The minimum atomic E-state index is 0.0571. The van der Waals surface area contributed by atoms with Crippen LogP contribution in [0.15, 0.2) is 42.5 Å². The normalized spacial score (nSPS) is 15.6. The van der Waals surface area contributed by atoms with Crippen LogP contribution in [0.5, 0.6) is 0 Å². The van der Waals surface area contributed by atoms with Crippen LogP contribution in [0.1, 0.15) is 52.7 Å². The number of anilines is 1. The molecular formula is C22H23NO2. The molecule has 2 aliphatic rings. The first-order chi connectivity index (χ1) is 12.2. The maximum absolute atomic E-state index is 12.7. The van der Waals surface area contributed by atoms with Crippen LogP contribution in [0.4, 0.5) is 5.69 Å². The predicted octanol–water partition coefficient (Wildman–Crippen LogP) is 4.12. The lowest BCUT2D eigenvalue weighted by Gasteiger charge is -2.29. The Morgan fingerprint density at radius 2 is 1.64 bits per heavy atom. The van der Waals surface area contributed by atoms with Gasteiger partial charge in [-0.15, -0.1) is 0 Å². The van der Waals surface area contributed by atoms with Crippen molar-refractivity contribution < 1.29 is 9.59 Å². The molecule has 3 heteroatoms. The molecule has 0 bridgehead atoms. The van der Waals surface area contributed by atoms with E-state index in [-0.39, 0.29) is 24.5 Å². The van der Waals surface area contributed by atoms with Crippen LogP contribution in [0, 0.1) is 0 Å². The van der Waals surface area contributed by atoms with Gasteiger partial charge in [-0.25, -0.2) is 0 Å². The molecule has 0 atom stereocenters. The molecule has 1 heterocycles. The van der Waals surface area contributed by atoms with Crippen molar-refractivity contribution >= 4 is 17.4 Å². The Labute approximate surface area is 148 Å². The molecule has 128 valence electrons. The number of carbonyl (C=O) groups excluding carboxylic acids is 2. The largest absolute Gasteiger partial charge is 0.312 e. The van der Waals surface area contributed by atoms with E-state index in [1.54, 1.807) is 0 Å². The molecule has 2 aromatic carbocycles. The Bertz CT molecular complexity index is 825. The van der Waals surface area contributed by atoms with Gasteiger partial charge in [0, 0.05) is 30.6 Å². The van der Waals surface area contributed by atoms with E-state index in [1.165, 1.54) is 23.1 Å². The second-order valence-corrected chi connectivity index (χ2v) is 7.04. The second-order valence-electron chi connectivity index (χ2n) is 7.04. The molecule has 0 spiro atoms. The molecule has 0 radical (unpaired) electrons. The standard InChI is InChI=1S/C22H23NO2/c24-21(19-11-10-16-6-3-7-18(16)15-19)12-13-22(25)23-14-4-8-17-5-1-2-9-20(17)23/h1-2,5,9-11,15H,3-4,6-8,12-14H2. The number of nitrogens with zero attached hydrogens (tertiary/aromatic N) is 1. The molecule has 0 N–H and O–H groups in total. The summed E-state index contributed by atoms with van der Waals surface area (Å²) in [5.41, 5.74) is 5.68. The third kappa shape index (κ3) is 3.23. The molecule has 0 saturated heterocycles. The van der Waals surface area contributed by atoms with Crippen molar-refractivity contribution in [3.8, 4) is 0 Å². The van der Waals surface area contributed by atoms with Gasteiger partial charge in [0.05, 0.1) is 0 Å². The van der Waals surface area contributed by atoms with Gasteiger partial charge in [0.1, 0.15) is 0 Å². The fourth-order valence-electron chi connectivity index (χ4n) is 4.04. The highest BCUT2D eigenvalue weighted by Crippen LogP contribution is 2.28. The van der Waals surface area contributed by atoms with E-state index >= 15 is 0 Å². The van der Waals surface area contributed by atoms with Crippen molar-refractivity contribution in [3.05, 3.63) is 64.7 Å². The summed E-state index contributed by atoms with van der Waals surface area (Å²) in [7, 11) is 0. The van der Waals surface area contributed by atoms with Gasteiger partial charge in [-0.3, -0.25) is 9.59 Å². The van der Waals surface area contributed by atoms with Crippen LogP contribution < -0.4 is 4.90 Å². The molecule has 1 amide bonds. The van der Waals surface area contributed by atoms with Gasteiger partial charge in [-0.05, 0) is 60.9 Å². The Hall–Kier alpha value is -2.42. The molecule has 25 heavy (non-hydrogen) atoms. The van der Waals surface area contributed by atoms with E-state index in [0.29, 0.717) is 0 Å². The topological polar surface area (TPSA) is 37.4 Å². The van der Waals surface area contributed by atoms with Crippen molar-refractivity contribution in [2.24, 2.45) is 0 Å². The van der Waals surface area contributed by atoms with Gasteiger partial charge in [0.25, 0.3) is 0 Å². The molecule has 0 unspecified atom stereocenters. The summed E-state index contributed by atoms with van der Waals surface area (Å²) in [4.78, 5) is 27.0. The number of hydrogen-bond donors (Lipinski definition) is 0. The lowest BCUT2D eigenvalue weighted by Crippen LogP contribution is -2.35. The van der Waals surface area contributed by atoms with Gasteiger partial charge in [0.2, 0.25) is 5.91 Å². The SMILES string of the molecule is O=C(CCC(=O)N1CCCc2ccccc21)c1ccc2c(c1)CCC2. The van der Waals surface area contributed by atoms with Crippen LogP contribution in [-0.2, 0) is 24.1 Å². The number of ketones is 1. The summed E-state index contributed by atoms with van der Waals surface area (Å²) in [6, 6.07) is 14.1. The molecule has 2 aromatic rings. The number of para-hydroxylation sites is 1. The summed E-state index contributed by atoms with van der Waals surface area (Å²) in [6.45, 7) is 0.753. The van der Waals surface area contributed by atoms with Gasteiger partial charge in [0.15, 0.2) is 5.78 Å². The van der Waals surface area contributed by atoms with E-state index < -0.39 is 0 Å². The Balaban J connectivity index is 1.42. The Morgan fingerprint density at radius 1 is 0.840 bits per heavy atom. The summed E-state index contributed by atoms with van der Waals surface area (Å²) < 4.78 is 0. The van der Waals surface area contributed by atoms with Crippen molar-refractivity contribution in [2.75, 3.05) is 11.4 Å². The molecule has 0 aromatic heterocycles. The minimum Gasteiger partial charge on any atom is -0.312 e. The van der Waals surface area contributed by atoms with Gasteiger partial charge in [-0.2, -0.15) is 0 Å². The number of hydrogen-bond acceptors (Lipinski definition) is 2. The van der Waals surface area contributed by atoms with E-state index in [1.807, 2.05) is 35.2 Å². The molecule has 0 fully saturated rings. The van der Waals surface area contributed by atoms with Crippen molar-refractivity contribution in [1.82, 2.24) is 0 Å². The third-order valence-corrected chi connectivity index (χ3v) is 5.40. The van der Waals surface area contributed by atoms with Crippen LogP contribution in [-0.4, -0.2) is 18.2 Å². The van der Waals surface area contributed by atoms with Crippen molar-refractivity contribution in [3.63, 3.8) is 0 Å². The average molecular weight is 333 g/mol. The first-order valence-corrected chi connectivity index (χ1v) is 9.25. The quantitative estimate of drug-likeness (QED) is 0.789. The highest BCUT2D eigenvalue weighted by atomic mass is 16.2. The number of amides is 1. The monoisotopic (exact) mass is 333 g/mol. The summed E-state index contributed by atoms with van der Waals surface area (Å²) in [6.07, 6.45) is 5.95. The van der Waals surface area contributed by atoms with Gasteiger partial charge in [-0.1, -0.05) is 30.3 Å². The summed E-state index contributed by atoms with van der Waals surface area (Å²) >= 11 is 0. The van der Waals surface area contributed by atoms with Crippen LogP contribution >= 0.6 is 0 Å². The zero-order valence-electron chi connectivity index (χ0n) is 14.5. The maximum Gasteiger partial charge on any atom is 0.227 e. The average Bonchev–Trinajstić information content (AvgIpc) is 3.13. The molecule has 3 nitrogen and oxygen atoms in total. The Morgan fingerprint density at radius 3 is 2.56 bits per heavy atom. The molecule has 1 aliphatic heterocycles. The van der Waals surface area contributed by atoms with Crippen molar-refractivity contribution in [2.45, 2.75) is 44.9 Å². The first-order valence-electron chi connectivity index (χ1n) is 9.25. The number of aryl methyl sites for hydroxylation is 3. The second kappa shape index (κ2) is 6.83. The van der Waals surface area contributed by atoms with Crippen LogP contribution in [0.25, 0.3) is 0 Å². The van der Waals surface area contributed by atoms with Crippen molar-refractivity contribution in [1.29, 1.82) is 0 Å². The zero-order valence-corrected chi connectivity index (χ0v) is 14.5. The van der Waals surface area contributed by atoms with Gasteiger partial charge < -0.3 is 4.90 Å². The smallest absolute Gasteiger partial charge is 0.227 e. The van der Waals surface area contributed by atoms with E-state index in [0.717, 1.165) is 43.5 Å². The van der Waals surface area contributed by atoms with E-state index in [4.69, 9.17) is 0 Å². The first kappa shape index (κ1) is 16.1. The number of fused-ring (bicyclic) bond motifs is 2. The Kier molecular flexibility index (Phi) is 4.39. The molecular weight excluding hydrogens is 310 g/mol. The maximum atomic E-state index is 12.7. The lowest BCUT2D eigenvalue weighted by molar-refractivity contribution is -0.118. The highest BCUT2D eigenvalue weighted by molar-refractivity contribution is 6.01.